The predicted molar refractivity (Wildman–Crippen MR) is 133 cm³/mol. The molecule has 0 saturated heterocycles. The molecule has 1 aliphatic rings. The van der Waals surface area contributed by atoms with Gasteiger partial charge >= 0.3 is 0 Å². The second kappa shape index (κ2) is 8.87. The van der Waals surface area contributed by atoms with Crippen LogP contribution in [0.15, 0.2) is 103 Å². The van der Waals surface area contributed by atoms with Crippen molar-refractivity contribution in [3.05, 3.63) is 126 Å². The van der Waals surface area contributed by atoms with Gasteiger partial charge in [0.25, 0.3) is 5.91 Å². The molecule has 1 atom stereocenters. The molecule has 4 aromatic rings. The highest BCUT2D eigenvalue weighted by Gasteiger charge is 2.32. The molecular formula is C30H24FNO. The highest BCUT2D eigenvalue weighted by molar-refractivity contribution is 6.30. The van der Waals surface area contributed by atoms with Crippen molar-refractivity contribution in [3.63, 3.8) is 0 Å². The molecule has 5 rings (SSSR count). The Hall–Kier alpha value is -3.98. The normalized spacial score (nSPS) is 15.4. The van der Waals surface area contributed by atoms with Crippen LogP contribution in [0.25, 0.3) is 22.8 Å². The summed E-state index contributed by atoms with van der Waals surface area (Å²) in [5.41, 5.74) is 6.56. The zero-order valence-corrected chi connectivity index (χ0v) is 18.4. The van der Waals surface area contributed by atoms with E-state index in [0.717, 1.165) is 34.4 Å². The Labute approximate surface area is 193 Å². The molecule has 1 unspecified atom stereocenters. The minimum absolute atomic E-state index is 0.0516. The van der Waals surface area contributed by atoms with Crippen molar-refractivity contribution in [2.45, 2.75) is 19.4 Å². The first-order valence-corrected chi connectivity index (χ1v) is 11.1. The van der Waals surface area contributed by atoms with E-state index in [1.807, 2.05) is 71.6 Å². The molecule has 0 N–H and O–H groups in total. The van der Waals surface area contributed by atoms with Gasteiger partial charge in [0.1, 0.15) is 5.82 Å². The highest BCUT2D eigenvalue weighted by atomic mass is 19.1. The van der Waals surface area contributed by atoms with Crippen molar-refractivity contribution in [1.82, 2.24) is 0 Å². The van der Waals surface area contributed by atoms with Crippen LogP contribution in [0.4, 0.5) is 10.1 Å². The maximum absolute atomic E-state index is 13.9. The summed E-state index contributed by atoms with van der Waals surface area (Å²) >= 11 is 0. The third-order valence-corrected chi connectivity index (χ3v) is 6.14. The molecule has 0 aromatic heterocycles. The van der Waals surface area contributed by atoms with E-state index in [-0.39, 0.29) is 17.8 Å². The average Bonchev–Trinajstić information content (AvgIpc) is 3.19. The Morgan fingerprint density at radius 2 is 1.45 bits per heavy atom. The first-order valence-electron chi connectivity index (χ1n) is 11.1. The van der Waals surface area contributed by atoms with Crippen molar-refractivity contribution < 1.29 is 9.18 Å². The Morgan fingerprint density at radius 1 is 0.818 bits per heavy atom. The second-order valence-electron chi connectivity index (χ2n) is 8.41. The number of rotatable bonds is 4. The summed E-state index contributed by atoms with van der Waals surface area (Å²) in [6.45, 7) is 2.08. The largest absolute Gasteiger partial charge is 0.305 e. The summed E-state index contributed by atoms with van der Waals surface area (Å²) in [5.74, 6) is -0.349. The van der Waals surface area contributed by atoms with Crippen LogP contribution >= 0.6 is 0 Å². The molecule has 0 saturated carbocycles. The lowest BCUT2D eigenvalue weighted by molar-refractivity contribution is -0.113. The van der Waals surface area contributed by atoms with Crippen LogP contribution in [0.3, 0.4) is 0 Å². The molecule has 2 nitrogen and oxygen atoms in total. The highest BCUT2D eigenvalue weighted by Crippen LogP contribution is 2.35. The van der Waals surface area contributed by atoms with Crippen LogP contribution in [-0.4, -0.2) is 11.9 Å². The van der Waals surface area contributed by atoms with Gasteiger partial charge in [-0.15, -0.1) is 0 Å². The van der Waals surface area contributed by atoms with Gasteiger partial charge < -0.3 is 4.90 Å². The third-order valence-electron chi connectivity index (χ3n) is 6.14. The molecule has 0 aliphatic carbocycles. The zero-order valence-electron chi connectivity index (χ0n) is 18.4. The fourth-order valence-electron chi connectivity index (χ4n) is 4.47. The monoisotopic (exact) mass is 433 g/mol. The van der Waals surface area contributed by atoms with Crippen molar-refractivity contribution in [1.29, 1.82) is 0 Å². The van der Waals surface area contributed by atoms with Gasteiger partial charge in [-0.3, -0.25) is 4.79 Å². The lowest BCUT2D eigenvalue weighted by Gasteiger charge is -2.24. The van der Waals surface area contributed by atoms with E-state index in [1.54, 1.807) is 12.1 Å². The van der Waals surface area contributed by atoms with Crippen LogP contribution in [0.5, 0.6) is 0 Å². The number of anilines is 1. The number of para-hydroxylation sites is 1. The summed E-state index contributed by atoms with van der Waals surface area (Å²) in [5, 5.41) is 0. The number of hydrogen-bond acceptors (Lipinski definition) is 1. The minimum Gasteiger partial charge on any atom is -0.305 e. The summed E-state index contributed by atoms with van der Waals surface area (Å²) in [4.78, 5) is 15.8. The van der Waals surface area contributed by atoms with Crippen LogP contribution < -0.4 is 4.90 Å². The van der Waals surface area contributed by atoms with Gasteiger partial charge in [-0.25, -0.2) is 4.39 Å². The Morgan fingerprint density at radius 3 is 2.18 bits per heavy atom. The average molecular weight is 434 g/mol. The van der Waals surface area contributed by atoms with Gasteiger partial charge in [0.05, 0.1) is 0 Å². The van der Waals surface area contributed by atoms with Crippen LogP contribution in [0.2, 0.25) is 0 Å². The number of halogens is 1. The SMILES string of the molecule is CC1Cc2ccccc2N1C(=O)C(=Cc1ccc(F)cc1)c1ccc(-c2ccccc2)cc1. The van der Waals surface area contributed by atoms with Crippen molar-refractivity contribution in [3.8, 4) is 11.1 Å². The van der Waals surface area contributed by atoms with E-state index >= 15 is 0 Å². The minimum atomic E-state index is -0.297. The summed E-state index contributed by atoms with van der Waals surface area (Å²) < 4.78 is 13.5. The lowest BCUT2D eigenvalue weighted by Crippen LogP contribution is -2.36. The van der Waals surface area contributed by atoms with E-state index in [9.17, 15) is 9.18 Å². The first-order chi connectivity index (χ1) is 16.1. The number of carbonyl (C=O) groups excluding carboxylic acids is 1. The van der Waals surface area contributed by atoms with E-state index in [1.165, 1.54) is 17.7 Å². The third kappa shape index (κ3) is 4.22. The second-order valence-corrected chi connectivity index (χ2v) is 8.41. The number of hydrogen-bond donors (Lipinski definition) is 0. The maximum atomic E-state index is 13.9. The number of nitrogens with zero attached hydrogens (tertiary/aromatic N) is 1. The van der Waals surface area contributed by atoms with Gasteiger partial charge in [-0.05, 0) is 65.4 Å². The molecule has 0 bridgehead atoms. The first kappa shape index (κ1) is 20.9. The zero-order chi connectivity index (χ0) is 22.8. The molecule has 4 aromatic carbocycles. The Bertz CT molecular complexity index is 1310. The molecule has 1 amide bonds. The smallest absolute Gasteiger partial charge is 0.259 e. The van der Waals surface area contributed by atoms with Crippen LogP contribution in [-0.2, 0) is 11.2 Å². The number of fused-ring (bicyclic) bond motifs is 1. The van der Waals surface area contributed by atoms with Gasteiger partial charge in [-0.2, -0.15) is 0 Å². The standard InChI is InChI=1S/C30H24FNO/c1-21-19-26-9-5-6-10-29(26)32(21)30(33)28(20-22-11-17-27(31)18-12-22)25-15-13-24(14-16-25)23-7-3-2-4-8-23/h2-18,20-21H,19H2,1H3. The summed E-state index contributed by atoms with van der Waals surface area (Å²) in [7, 11) is 0. The van der Waals surface area contributed by atoms with E-state index in [4.69, 9.17) is 0 Å². The lowest BCUT2D eigenvalue weighted by atomic mass is 9.97. The van der Waals surface area contributed by atoms with E-state index < -0.39 is 0 Å². The maximum Gasteiger partial charge on any atom is 0.259 e. The molecule has 0 fully saturated rings. The molecule has 0 spiro atoms. The van der Waals surface area contributed by atoms with Crippen molar-refractivity contribution >= 4 is 23.2 Å². The van der Waals surface area contributed by atoms with Crippen molar-refractivity contribution in [2.75, 3.05) is 4.90 Å². The topological polar surface area (TPSA) is 20.3 Å². The Balaban J connectivity index is 1.57. The molecule has 162 valence electrons. The van der Waals surface area contributed by atoms with Gasteiger partial charge in [-0.1, -0.05) is 84.9 Å². The molecular weight excluding hydrogens is 409 g/mol. The van der Waals surface area contributed by atoms with Crippen molar-refractivity contribution in [2.24, 2.45) is 0 Å². The molecule has 1 aliphatic heterocycles. The molecule has 0 radical (unpaired) electrons. The Kier molecular flexibility index (Phi) is 5.62. The van der Waals surface area contributed by atoms with Gasteiger partial charge in [0.15, 0.2) is 0 Å². The number of benzene rings is 4. The van der Waals surface area contributed by atoms with E-state index in [0.29, 0.717) is 5.57 Å². The van der Waals surface area contributed by atoms with E-state index in [2.05, 4.69) is 25.1 Å². The number of carbonyl (C=O) groups is 1. The van der Waals surface area contributed by atoms with Gasteiger partial charge in [0, 0.05) is 17.3 Å². The fraction of sp³-hybridized carbons (Fsp3) is 0.100. The number of amides is 1. The fourth-order valence-corrected chi connectivity index (χ4v) is 4.47. The molecule has 33 heavy (non-hydrogen) atoms. The summed E-state index contributed by atoms with van der Waals surface area (Å²) in [6.07, 6.45) is 2.69. The predicted octanol–water partition coefficient (Wildman–Crippen LogP) is 7.01. The van der Waals surface area contributed by atoms with Gasteiger partial charge in [0.2, 0.25) is 0 Å². The summed E-state index contributed by atoms with van der Waals surface area (Å²) in [6, 6.07) is 32.6. The van der Waals surface area contributed by atoms with Crippen LogP contribution in [0, 0.1) is 5.82 Å². The van der Waals surface area contributed by atoms with Crippen LogP contribution in [0.1, 0.15) is 23.6 Å². The molecule has 3 heteroatoms. The quantitative estimate of drug-likeness (QED) is 0.250. The molecule has 1 heterocycles.